The SMILES string of the molecule is COc1c(C)cccc1C(=O)NC(=S)Nc1cc2nn(-c3cccc4ccccc34)nc2cc1C. The van der Waals surface area contributed by atoms with E-state index in [1.807, 2.05) is 56.3 Å². The molecule has 5 aromatic rings. The Bertz CT molecular complexity index is 1600. The second kappa shape index (κ2) is 9.15. The summed E-state index contributed by atoms with van der Waals surface area (Å²) in [6.45, 7) is 3.84. The highest BCUT2D eigenvalue weighted by Crippen LogP contribution is 2.26. The second-order valence-electron chi connectivity index (χ2n) is 8.21. The molecule has 0 saturated carbocycles. The molecule has 0 aliphatic rings. The summed E-state index contributed by atoms with van der Waals surface area (Å²) in [5.74, 6) is 0.180. The number of amides is 1. The molecule has 35 heavy (non-hydrogen) atoms. The lowest BCUT2D eigenvalue weighted by Gasteiger charge is -2.14. The summed E-state index contributed by atoms with van der Waals surface area (Å²) in [6, 6.07) is 23.4. The number of anilines is 1. The fraction of sp³-hybridized carbons (Fsp3) is 0.111. The van der Waals surface area contributed by atoms with Crippen molar-refractivity contribution in [3.8, 4) is 11.4 Å². The number of hydrogen-bond donors (Lipinski definition) is 2. The van der Waals surface area contributed by atoms with Gasteiger partial charge in [0.05, 0.1) is 18.4 Å². The highest BCUT2D eigenvalue weighted by molar-refractivity contribution is 7.80. The summed E-state index contributed by atoms with van der Waals surface area (Å²) in [5, 5.41) is 17.6. The number of hydrogen-bond acceptors (Lipinski definition) is 5. The number of carbonyl (C=O) groups is 1. The van der Waals surface area contributed by atoms with Crippen LogP contribution in [-0.4, -0.2) is 33.1 Å². The Morgan fingerprint density at radius 3 is 2.43 bits per heavy atom. The number of carbonyl (C=O) groups excluding carboxylic acids is 1. The minimum absolute atomic E-state index is 0.183. The standard InChI is InChI=1S/C27H23N5O2S/c1-16-8-6-12-20(25(16)34-3)26(33)29-27(35)28-21-15-23-22(14-17(21)2)30-32(31-23)24-13-7-10-18-9-4-5-11-19(18)24/h4-15H,1-3H3,(H2,28,29,33,35). The first-order valence-corrected chi connectivity index (χ1v) is 11.5. The Balaban J connectivity index is 1.40. The summed E-state index contributed by atoms with van der Waals surface area (Å²) < 4.78 is 5.39. The van der Waals surface area contributed by atoms with Crippen LogP contribution < -0.4 is 15.4 Å². The first kappa shape index (κ1) is 22.5. The molecule has 1 heterocycles. The van der Waals surface area contributed by atoms with Crippen molar-refractivity contribution < 1.29 is 9.53 Å². The van der Waals surface area contributed by atoms with Gasteiger partial charge in [0.1, 0.15) is 16.8 Å². The zero-order valence-corrected chi connectivity index (χ0v) is 20.3. The predicted octanol–water partition coefficient (Wildman–Crippen LogP) is 5.33. The minimum Gasteiger partial charge on any atom is -0.496 e. The summed E-state index contributed by atoms with van der Waals surface area (Å²) >= 11 is 5.42. The molecule has 174 valence electrons. The average Bonchev–Trinajstić information content (AvgIpc) is 3.26. The highest BCUT2D eigenvalue weighted by atomic mass is 32.1. The lowest BCUT2D eigenvalue weighted by molar-refractivity contribution is 0.0974. The van der Waals surface area contributed by atoms with Crippen molar-refractivity contribution in [2.24, 2.45) is 0 Å². The van der Waals surface area contributed by atoms with Gasteiger partial charge >= 0.3 is 0 Å². The van der Waals surface area contributed by atoms with Gasteiger partial charge in [-0.15, -0.1) is 15.0 Å². The molecule has 7 nitrogen and oxygen atoms in total. The van der Waals surface area contributed by atoms with Crippen molar-refractivity contribution in [3.63, 3.8) is 0 Å². The molecule has 5 rings (SSSR count). The number of nitrogens with one attached hydrogen (secondary N) is 2. The number of ether oxygens (including phenoxy) is 1. The summed E-state index contributed by atoms with van der Waals surface area (Å²) in [6.07, 6.45) is 0. The molecular weight excluding hydrogens is 458 g/mol. The number of aromatic nitrogens is 3. The molecule has 8 heteroatoms. The van der Waals surface area contributed by atoms with Gasteiger partial charge in [-0.3, -0.25) is 10.1 Å². The molecule has 4 aromatic carbocycles. The molecule has 0 atom stereocenters. The van der Waals surface area contributed by atoms with E-state index in [1.165, 1.54) is 0 Å². The van der Waals surface area contributed by atoms with Crippen LogP contribution in [0.3, 0.4) is 0 Å². The van der Waals surface area contributed by atoms with Gasteiger partial charge in [-0.25, -0.2) is 0 Å². The van der Waals surface area contributed by atoms with Gasteiger partial charge in [0, 0.05) is 11.1 Å². The Kier molecular flexibility index (Phi) is 5.88. The van der Waals surface area contributed by atoms with E-state index in [1.54, 1.807) is 24.0 Å². The maximum absolute atomic E-state index is 12.8. The van der Waals surface area contributed by atoms with Crippen molar-refractivity contribution in [2.45, 2.75) is 13.8 Å². The quantitative estimate of drug-likeness (QED) is 0.338. The third-order valence-corrected chi connectivity index (χ3v) is 6.05. The zero-order chi connectivity index (χ0) is 24.5. The van der Waals surface area contributed by atoms with E-state index in [4.69, 9.17) is 27.2 Å². The number of fused-ring (bicyclic) bond motifs is 2. The van der Waals surface area contributed by atoms with Gasteiger partial charge in [0.15, 0.2) is 5.11 Å². The monoisotopic (exact) mass is 481 g/mol. The molecule has 0 bridgehead atoms. The Morgan fingerprint density at radius 2 is 1.63 bits per heavy atom. The maximum Gasteiger partial charge on any atom is 0.261 e. The largest absolute Gasteiger partial charge is 0.496 e. The van der Waals surface area contributed by atoms with Crippen molar-refractivity contribution in [3.05, 3.63) is 89.5 Å². The number of methoxy groups -OCH3 is 1. The number of rotatable bonds is 4. The van der Waals surface area contributed by atoms with Crippen LogP contribution in [0.1, 0.15) is 21.5 Å². The maximum atomic E-state index is 12.8. The molecule has 1 amide bonds. The van der Waals surface area contributed by atoms with Crippen LogP contribution in [0.5, 0.6) is 5.75 Å². The molecule has 2 N–H and O–H groups in total. The fourth-order valence-electron chi connectivity index (χ4n) is 4.12. The summed E-state index contributed by atoms with van der Waals surface area (Å²) in [4.78, 5) is 14.5. The van der Waals surface area contributed by atoms with Gasteiger partial charge in [-0.2, -0.15) is 0 Å². The third-order valence-electron chi connectivity index (χ3n) is 5.84. The van der Waals surface area contributed by atoms with Crippen LogP contribution >= 0.6 is 12.2 Å². The molecule has 0 saturated heterocycles. The molecule has 0 aliphatic heterocycles. The van der Waals surface area contributed by atoms with E-state index in [9.17, 15) is 4.79 Å². The van der Waals surface area contributed by atoms with Gasteiger partial charge in [-0.1, -0.05) is 48.5 Å². The van der Waals surface area contributed by atoms with Crippen molar-refractivity contribution in [1.82, 2.24) is 20.3 Å². The van der Waals surface area contributed by atoms with Gasteiger partial charge in [0.25, 0.3) is 5.91 Å². The molecule has 0 unspecified atom stereocenters. The fourth-order valence-corrected chi connectivity index (χ4v) is 4.32. The molecule has 1 aromatic heterocycles. The lowest BCUT2D eigenvalue weighted by atomic mass is 10.1. The first-order valence-electron chi connectivity index (χ1n) is 11.1. The second-order valence-corrected chi connectivity index (χ2v) is 8.62. The van der Waals surface area contributed by atoms with Crippen molar-refractivity contribution in [2.75, 3.05) is 12.4 Å². The molecular formula is C27H23N5O2S. The van der Waals surface area contributed by atoms with E-state index in [0.717, 1.165) is 38.8 Å². The number of aryl methyl sites for hydroxylation is 2. The van der Waals surface area contributed by atoms with Crippen LogP contribution in [0, 0.1) is 13.8 Å². The van der Waals surface area contributed by atoms with E-state index in [-0.39, 0.29) is 11.0 Å². The Labute approximate surface area is 207 Å². The molecule has 0 fully saturated rings. The summed E-state index contributed by atoms with van der Waals surface area (Å²) in [5.41, 5.74) is 5.33. The van der Waals surface area contributed by atoms with E-state index in [2.05, 4.69) is 28.8 Å². The summed E-state index contributed by atoms with van der Waals surface area (Å²) in [7, 11) is 1.54. The zero-order valence-electron chi connectivity index (χ0n) is 19.5. The Hall–Kier alpha value is -4.30. The van der Waals surface area contributed by atoms with E-state index in [0.29, 0.717) is 16.8 Å². The number of benzene rings is 4. The van der Waals surface area contributed by atoms with Crippen LogP contribution in [0.4, 0.5) is 5.69 Å². The van der Waals surface area contributed by atoms with E-state index < -0.39 is 0 Å². The number of nitrogens with zero attached hydrogens (tertiary/aromatic N) is 3. The predicted molar refractivity (Wildman–Crippen MR) is 143 cm³/mol. The molecule has 0 spiro atoms. The van der Waals surface area contributed by atoms with Crippen molar-refractivity contribution >= 4 is 50.7 Å². The topological polar surface area (TPSA) is 81.1 Å². The van der Waals surface area contributed by atoms with Crippen LogP contribution in [0.25, 0.3) is 27.5 Å². The normalized spacial score (nSPS) is 10.9. The van der Waals surface area contributed by atoms with Crippen LogP contribution in [0.2, 0.25) is 0 Å². The molecule has 0 aliphatic carbocycles. The third kappa shape index (κ3) is 4.31. The average molecular weight is 482 g/mol. The van der Waals surface area contributed by atoms with Crippen molar-refractivity contribution in [1.29, 1.82) is 0 Å². The minimum atomic E-state index is -0.344. The molecule has 0 radical (unpaired) electrons. The highest BCUT2D eigenvalue weighted by Gasteiger charge is 2.16. The van der Waals surface area contributed by atoms with Crippen LogP contribution in [0.15, 0.2) is 72.8 Å². The first-order chi connectivity index (χ1) is 16.9. The number of para-hydroxylation sites is 1. The van der Waals surface area contributed by atoms with E-state index >= 15 is 0 Å². The van der Waals surface area contributed by atoms with Gasteiger partial charge < -0.3 is 10.1 Å². The lowest BCUT2D eigenvalue weighted by Crippen LogP contribution is -2.34. The Morgan fingerprint density at radius 1 is 0.914 bits per heavy atom. The smallest absolute Gasteiger partial charge is 0.261 e. The van der Waals surface area contributed by atoms with Gasteiger partial charge in [0.2, 0.25) is 0 Å². The number of thiocarbonyl (C=S) groups is 1. The van der Waals surface area contributed by atoms with Crippen LogP contribution in [-0.2, 0) is 0 Å². The van der Waals surface area contributed by atoms with Gasteiger partial charge in [-0.05, 0) is 66.8 Å².